The molecule has 32 heavy (non-hydrogen) atoms. The summed E-state index contributed by atoms with van der Waals surface area (Å²) in [6, 6.07) is 9.29. The van der Waals surface area contributed by atoms with Crippen LogP contribution in [0.1, 0.15) is 128 Å². The van der Waals surface area contributed by atoms with Crippen LogP contribution >= 0.6 is 0 Å². The van der Waals surface area contributed by atoms with Crippen molar-refractivity contribution in [3.05, 3.63) is 42.0 Å². The minimum absolute atomic E-state index is 0.738. The van der Waals surface area contributed by atoms with Crippen LogP contribution in [0.2, 0.25) is 0 Å². The van der Waals surface area contributed by atoms with Gasteiger partial charge in [-0.05, 0) is 86.3 Å². The third-order valence-corrected chi connectivity index (χ3v) is 8.22. The minimum Gasteiger partial charge on any atom is -0.494 e. The van der Waals surface area contributed by atoms with E-state index < -0.39 is 0 Å². The van der Waals surface area contributed by atoms with E-state index in [9.17, 15) is 0 Å². The van der Waals surface area contributed by atoms with E-state index in [1.807, 2.05) is 0 Å². The molecule has 2 aliphatic rings. The molecule has 0 aromatic heterocycles. The Morgan fingerprint density at radius 3 is 2.22 bits per heavy atom. The summed E-state index contributed by atoms with van der Waals surface area (Å²) < 4.78 is 6.00. The highest BCUT2D eigenvalue weighted by molar-refractivity contribution is 5.30. The van der Waals surface area contributed by atoms with Crippen LogP contribution in [0.3, 0.4) is 0 Å². The van der Waals surface area contributed by atoms with Crippen LogP contribution in [-0.4, -0.2) is 6.61 Å². The van der Waals surface area contributed by atoms with Crippen LogP contribution in [0.5, 0.6) is 5.75 Å². The van der Waals surface area contributed by atoms with Gasteiger partial charge >= 0.3 is 0 Å². The predicted octanol–water partition coefficient (Wildman–Crippen LogP) is 9.86. The number of hydrogen-bond donors (Lipinski definition) is 0. The molecule has 0 radical (unpaired) electrons. The maximum absolute atomic E-state index is 6.00. The average Bonchev–Trinajstić information content (AvgIpc) is 2.85. The standard InChI is InChI=1S/C31H50O/c1-3-5-7-9-13-26-16-18-28(19-17-26)31(25-27-14-10-8-11-15-27)29-20-22-30(23-21-29)32-24-12-6-4-2/h8,10,20-23,26-28,31H,3-7,9,11-19,24-25H2,1-2H3. The third-order valence-electron chi connectivity index (χ3n) is 8.22. The molecule has 2 unspecified atom stereocenters. The molecule has 3 rings (SSSR count). The monoisotopic (exact) mass is 438 g/mol. The van der Waals surface area contributed by atoms with E-state index in [2.05, 4.69) is 50.3 Å². The van der Waals surface area contributed by atoms with Crippen molar-refractivity contribution >= 4 is 0 Å². The number of allylic oxidation sites excluding steroid dienone is 2. The van der Waals surface area contributed by atoms with Crippen molar-refractivity contribution in [2.75, 3.05) is 6.61 Å². The molecule has 1 aromatic rings. The van der Waals surface area contributed by atoms with Crippen LogP contribution in [0.4, 0.5) is 0 Å². The van der Waals surface area contributed by atoms with Gasteiger partial charge in [0.15, 0.2) is 0 Å². The number of ether oxygens (including phenoxy) is 1. The lowest BCUT2D eigenvalue weighted by Crippen LogP contribution is -2.23. The first-order valence-electron chi connectivity index (χ1n) is 14.2. The lowest BCUT2D eigenvalue weighted by atomic mass is 9.69. The molecule has 1 fully saturated rings. The van der Waals surface area contributed by atoms with Gasteiger partial charge in [-0.25, -0.2) is 0 Å². The van der Waals surface area contributed by atoms with E-state index in [-0.39, 0.29) is 0 Å². The van der Waals surface area contributed by atoms with Crippen LogP contribution in [0, 0.1) is 17.8 Å². The molecule has 2 aliphatic carbocycles. The van der Waals surface area contributed by atoms with E-state index >= 15 is 0 Å². The molecular weight excluding hydrogens is 388 g/mol. The molecular formula is C31H50O. The summed E-state index contributed by atoms with van der Waals surface area (Å²) in [6.45, 7) is 5.42. The Labute approximate surface area is 199 Å². The zero-order chi connectivity index (χ0) is 22.4. The molecule has 180 valence electrons. The zero-order valence-electron chi connectivity index (χ0n) is 21.2. The molecule has 0 N–H and O–H groups in total. The van der Waals surface area contributed by atoms with Gasteiger partial charge in [0.05, 0.1) is 6.61 Å². The first-order chi connectivity index (χ1) is 15.8. The quantitative estimate of drug-likeness (QED) is 0.207. The van der Waals surface area contributed by atoms with Crippen LogP contribution in [0.25, 0.3) is 0 Å². The van der Waals surface area contributed by atoms with E-state index in [0.717, 1.165) is 42.4 Å². The van der Waals surface area contributed by atoms with Crippen molar-refractivity contribution in [1.82, 2.24) is 0 Å². The van der Waals surface area contributed by atoms with Gasteiger partial charge in [0.25, 0.3) is 0 Å². The van der Waals surface area contributed by atoms with Crippen molar-refractivity contribution < 1.29 is 4.74 Å². The Balaban J connectivity index is 1.57. The van der Waals surface area contributed by atoms with E-state index in [1.54, 1.807) is 5.56 Å². The topological polar surface area (TPSA) is 9.23 Å². The minimum atomic E-state index is 0.738. The van der Waals surface area contributed by atoms with Crippen LogP contribution < -0.4 is 4.74 Å². The molecule has 1 heteroatoms. The fraction of sp³-hybridized carbons (Fsp3) is 0.742. The smallest absolute Gasteiger partial charge is 0.119 e. The summed E-state index contributed by atoms with van der Waals surface area (Å²) in [4.78, 5) is 0. The van der Waals surface area contributed by atoms with Gasteiger partial charge in [-0.2, -0.15) is 0 Å². The fourth-order valence-corrected chi connectivity index (χ4v) is 6.12. The van der Waals surface area contributed by atoms with Gasteiger partial charge in [-0.15, -0.1) is 0 Å². The van der Waals surface area contributed by atoms with Gasteiger partial charge in [-0.1, -0.05) is 95.9 Å². The first kappa shape index (κ1) is 25.4. The van der Waals surface area contributed by atoms with Gasteiger partial charge in [0.1, 0.15) is 5.75 Å². The normalized spacial score (nSPS) is 24.4. The Morgan fingerprint density at radius 2 is 1.53 bits per heavy atom. The van der Waals surface area contributed by atoms with Crippen molar-refractivity contribution in [2.45, 2.75) is 122 Å². The number of hydrogen-bond acceptors (Lipinski definition) is 1. The SMILES string of the molecule is CCCCCCC1CCC(C(CC2CC=CCC2)c2ccc(OCCCCC)cc2)CC1. The van der Waals surface area contributed by atoms with Crippen molar-refractivity contribution in [2.24, 2.45) is 17.8 Å². The van der Waals surface area contributed by atoms with E-state index in [1.165, 1.54) is 96.3 Å². The summed E-state index contributed by atoms with van der Waals surface area (Å²) in [6.07, 6.45) is 26.8. The number of unbranched alkanes of at least 4 members (excludes halogenated alkanes) is 5. The molecule has 0 spiro atoms. The Kier molecular flexibility index (Phi) is 11.8. The third kappa shape index (κ3) is 8.60. The van der Waals surface area contributed by atoms with Crippen molar-refractivity contribution in [3.8, 4) is 5.75 Å². The molecule has 2 atom stereocenters. The van der Waals surface area contributed by atoms with Gasteiger partial charge < -0.3 is 4.74 Å². The molecule has 0 heterocycles. The number of rotatable bonds is 14. The predicted molar refractivity (Wildman–Crippen MR) is 140 cm³/mol. The van der Waals surface area contributed by atoms with E-state index in [4.69, 9.17) is 4.74 Å². The highest BCUT2D eigenvalue weighted by atomic mass is 16.5. The summed E-state index contributed by atoms with van der Waals surface area (Å²) in [5, 5.41) is 0. The fourth-order valence-electron chi connectivity index (χ4n) is 6.12. The highest BCUT2D eigenvalue weighted by Crippen LogP contribution is 2.44. The van der Waals surface area contributed by atoms with Crippen molar-refractivity contribution in [1.29, 1.82) is 0 Å². The summed E-state index contributed by atoms with van der Waals surface area (Å²) in [5.41, 5.74) is 1.58. The Hall–Kier alpha value is -1.24. The van der Waals surface area contributed by atoms with Gasteiger partial charge in [0, 0.05) is 0 Å². The second-order valence-electron chi connectivity index (χ2n) is 10.7. The molecule has 1 aromatic carbocycles. The molecule has 0 bridgehead atoms. The molecule has 0 amide bonds. The maximum Gasteiger partial charge on any atom is 0.119 e. The second-order valence-corrected chi connectivity index (χ2v) is 10.7. The van der Waals surface area contributed by atoms with Crippen LogP contribution in [0.15, 0.2) is 36.4 Å². The van der Waals surface area contributed by atoms with Gasteiger partial charge in [-0.3, -0.25) is 0 Å². The van der Waals surface area contributed by atoms with E-state index in [0.29, 0.717) is 0 Å². The molecule has 0 aliphatic heterocycles. The summed E-state index contributed by atoms with van der Waals surface area (Å²) >= 11 is 0. The molecule has 1 saturated carbocycles. The van der Waals surface area contributed by atoms with Gasteiger partial charge in [0.2, 0.25) is 0 Å². The van der Waals surface area contributed by atoms with Crippen molar-refractivity contribution in [3.63, 3.8) is 0 Å². The first-order valence-corrected chi connectivity index (χ1v) is 14.2. The summed E-state index contributed by atoms with van der Waals surface area (Å²) in [7, 11) is 0. The largest absolute Gasteiger partial charge is 0.494 e. The lowest BCUT2D eigenvalue weighted by molar-refractivity contribution is 0.209. The highest BCUT2D eigenvalue weighted by Gasteiger charge is 2.30. The Bertz CT molecular complexity index is 622. The lowest BCUT2D eigenvalue weighted by Gasteiger charge is -2.36. The van der Waals surface area contributed by atoms with Crippen LogP contribution in [-0.2, 0) is 0 Å². The second kappa shape index (κ2) is 14.8. The maximum atomic E-state index is 6.00. The average molecular weight is 439 g/mol. The Morgan fingerprint density at radius 1 is 0.781 bits per heavy atom. The summed E-state index contributed by atoms with van der Waals surface area (Å²) in [5.74, 6) is 4.55. The molecule has 1 nitrogen and oxygen atoms in total. The molecule has 0 saturated heterocycles. The number of benzene rings is 1. The zero-order valence-corrected chi connectivity index (χ0v) is 21.2.